The van der Waals surface area contributed by atoms with Crippen molar-refractivity contribution in [2.45, 2.75) is 45.7 Å². The number of carbonyl (C=O) groups excluding carboxylic acids is 1. The number of hydrogen-bond acceptors (Lipinski definition) is 3. The molecule has 1 amide bonds. The fourth-order valence-electron chi connectivity index (χ4n) is 1.24. The predicted molar refractivity (Wildman–Crippen MR) is 51.5 cm³/mol. The third-order valence-electron chi connectivity index (χ3n) is 1.95. The van der Waals surface area contributed by atoms with Gasteiger partial charge in [-0.25, -0.2) is 0 Å². The Labute approximate surface area is 79.9 Å². The molecule has 0 aliphatic rings. The maximum atomic E-state index is 11.4. The lowest BCUT2D eigenvalue weighted by molar-refractivity contribution is -0.217. The molecular formula is C9H20N2O2. The summed E-state index contributed by atoms with van der Waals surface area (Å²) in [6, 6.07) is 0. The van der Waals surface area contributed by atoms with Crippen LogP contribution in [0.5, 0.6) is 0 Å². The van der Waals surface area contributed by atoms with Gasteiger partial charge in [-0.05, 0) is 34.6 Å². The molecule has 0 aromatic heterocycles. The molecule has 78 valence electrons. The highest BCUT2D eigenvalue weighted by atomic mass is 16.5. The lowest BCUT2D eigenvalue weighted by Gasteiger charge is -2.40. The highest BCUT2D eigenvalue weighted by Crippen LogP contribution is 2.22. The van der Waals surface area contributed by atoms with Gasteiger partial charge in [0.1, 0.15) is 5.54 Å². The third-order valence-corrected chi connectivity index (χ3v) is 1.95. The van der Waals surface area contributed by atoms with E-state index in [4.69, 9.17) is 0 Å². The molecule has 0 bridgehead atoms. The van der Waals surface area contributed by atoms with Crippen LogP contribution in [-0.2, 0) is 4.79 Å². The van der Waals surface area contributed by atoms with Crippen molar-refractivity contribution in [2.75, 3.05) is 7.05 Å². The number of likely N-dealkylation sites (N-methyl/N-ethyl adjacent to an activating group) is 1. The van der Waals surface area contributed by atoms with Gasteiger partial charge in [-0.1, -0.05) is 0 Å². The molecule has 13 heavy (non-hydrogen) atoms. The monoisotopic (exact) mass is 188 g/mol. The lowest BCUT2D eigenvalue weighted by atomic mass is 9.97. The van der Waals surface area contributed by atoms with Gasteiger partial charge in [0.15, 0.2) is 0 Å². The first kappa shape index (κ1) is 12.4. The smallest absolute Gasteiger partial charge is 0.242 e. The number of hydroxylamine groups is 2. The van der Waals surface area contributed by atoms with Crippen molar-refractivity contribution in [1.29, 1.82) is 0 Å². The van der Waals surface area contributed by atoms with E-state index in [2.05, 4.69) is 5.32 Å². The Morgan fingerprint density at radius 3 is 1.85 bits per heavy atom. The zero-order chi connectivity index (χ0) is 10.9. The minimum Gasteiger partial charge on any atom is -0.358 e. The number of rotatable bonds is 2. The number of carbonyl (C=O) groups is 1. The highest BCUT2D eigenvalue weighted by Gasteiger charge is 2.39. The van der Waals surface area contributed by atoms with Crippen LogP contribution in [0, 0.1) is 0 Å². The average Bonchev–Trinajstić information content (AvgIpc) is 1.99. The van der Waals surface area contributed by atoms with E-state index >= 15 is 0 Å². The van der Waals surface area contributed by atoms with Crippen molar-refractivity contribution < 1.29 is 10.0 Å². The first-order valence-corrected chi connectivity index (χ1v) is 4.35. The molecule has 2 N–H and O–H groups in total. The normalized spacial score (nSPS) is 13.2. The Bertz CT molecular complexity index is 194. The first-order chi connectivity index (χ1) is 5.64. The van der Waals surface area contributed by atoms with Gasteiger partial charge < -0.3 is 10.5 Å². The minimum absolute atomic E-state index is 0.204. The summed E-state index contributed by atoms with van der Waals surface area (Å²) in [5, 5.41) is 13.4. The van der Waals surface area contributed by atoms with Gasteiger partial charge in [0.05, 0.1) is 0 Å². The molecule has 0 fully saturated rings. The summed E-state index contributed by atoms with van der Waals surface area (Å²) in [7, 11) is 1.56. The second-order valence-corrected chi connectivity index (χ2v) is 4.62. The summed E-state index contributed by atoms with van der Waals surface area (Å²) in [6.07, 6.45) is 0. The molecule has 0 saturated carbocycles. The first-order valence-electron chi connectivity index (χ1n) is 4.35. The van der Waals surface area contributed by atoms with Gasteiger partial charge in [-0.2, -0.15) is 5.06 Å². The second kappa shape index (κ2) is 3.64. The summed E-state index contributed by atoms with van der Waals surface area (Å²) in [6.45, 7) is 8.89. The van der Waals surface area contributed by atoms with E-state index in [1.54, 1.807) is 20.9 Å². The van der Waals surface area contributed by atoms with E-state index in [1.165, 1.54) is 0 Å². The Balaban J connectivity index is 4.74. The quantitative estimate of drug-likeness (QED) is 0.636. The molecule has 0 aliphatic carbocycles. The van der Waals surface area contributed by atoms with Crippen LogP contribution in [0.15, 0.2) is 0 Å². The van der Waals surface area contributed by atoms with E-state index in [0.717, 1.165) is 5.06 Å². The minimum atomic E-state index is -0.910. The van der Waals surface area contributed by atoms with Crippen molar-refractivity contribution in [3.63, 3.8) is 0 Å². The standard InChI is InChI=1S/C9H20N2O2/c1-8(2,3)11(13)9(4,5)7(12)10-6/h13H,1-6H3,(H,10,12). The molecule has 4 nitrogen and oxygen atoms in total. The highest BCUT2D eigenvalue weighted by molar-refractivity contribution is 5.84. The van der Waals surface area contributed by atoms with Crippen LogP contribution < -0.4 is 5.32 Å². The van der Waals surface area contributed by atoms with E-state index in [-0.39, 0.29) is 5.91 Å². The molecule has 0 unspecified atom stereocenters. The Hall–Kier alpha value is -0.610. The van der Waals surface area contributed by atoms with Crippen molar-refractivity contribution in [2.24, 2.45) is 0 Å². The van der Waals surface area contributed by atoms with Crippen LogP contribution in [0.1, 0.15) is 34.6 Å². The second-order valence-electron chi connectivity index (χ2n) is 4.62. The van der Waals surface area contributed by atoms with Crippen molar-refractivity contribution in [3.05, 3.63) is 0 Å². The Morgan fingerprint density at radius 2 is 1.62 bits per heavy atom. The van der Waals surface area contributed by atoms with Gasteiger partial charge in [-0.15, -0.1) is 0 Å². The van der Waals surface area contributed by atoms with Crippen LogP contribution in [0.2, 0.25) is 0 Å². The zero-order valence-electron chi connectivity index (χ0n) is 9.30. The molecule has 0 radical (unpaired) electrons. The third kappa shape index (κ3) is 2.67. The topological polar surface area (TPSA) is 52.6 Å². The Kier molecular flexibility index (Phi) is 3.47. The van der Waals surface area contributed by atoms with Crippen molar-refractivity contribution in [1.82, 2.24) is 10.4 Å². The number of nitrogens with zero attached hydrogens (tertiary/aromatic N) is 1. The van der Waals surface area contributed by atoms with Crippen LogP contribution in [-0.4, -0.2) is 34.3 Å². The molecule has 0 saturated heterocycles. The predicted octanol–water partition coefficient (Wildman–Crippen LogP) is 1.00. The molecular weight excluding hydrogens is 168 g/mol. The van der Waals surface area contributed by atoms with Crippen molar-refractivity contribution in [3.8, 4) is 0 Å². The molecule has 0 spiro atoms. The van der Waals surface area contributed by atoms with Crippen LogP contribution in [0.4, 0.5) is 0 Å². The summed E-state index contributed by atoms with van der Waals surface area (Å²) < 4.78 is 0. The average molecular weight is 188 g/mol. The fraction of sp³-hybridized carbons (Fsp3) is 0.889. The summed E-state index contributed by atoms with van der Waals surface area (Å²) >= 11 is 0. The molecule has 4 heteroatoms. The van der Waals surface area contributed by atoms with Gasteiger partial charge in [-0.3, -0.25) is 4.79 Å². The van der Waals surface area contributed by atoms with Crippen LogP contribution >= 0.6 is 0 Å². The summed E-state index contributed by atoms with van der Waals surface area (Å²) in [5.74, 6) is -0.204. The number of amides is 1. The number of nitrogens with one attached hydrogen (secondary N) is 1. The van der Waals surface area contributed by atoms with E-state index in [1.807, 2.05) is 20.8 Å². The van der Waals surface area contributed by atoms with Crippen LogP contribution in [0.3, 0.4) is 0 Å². The SMILES string of the molecule is CNC(=O)C(C)(C)N(O)C(C)(C)C. The summed E-state index contributed by atoms with van der Waals surface area (Å²) in [5.41, 5.74) is -1.36. The fourth-order valence-corrected chi connectivity index (χ4v) is 1.24. The molecule has 0 atom stereocenters. The largest absolute Gasteiger partial charge is 0.358 e. The molecule has 0 heterocycles. The van der Waals surface area contributed by atoms with E-state index in [9.17, 15) is 10.0 Å². The molecule has 0 rings (SSSR count). The van der Waals surface area contributed by atoms with Gasteiger partial charge in [0.25, 0.3) is 0 Å². The Morgan fingerprint density at radius 1 is 1.23 bits per heavy atom. The van der Waals surface area contributed by atoms with Crippen LogP contribution in [0.25, 0.3) is 0 Å². The van der Waals surface area contributed by atoms with Gasteiger partial charge in [0.2, 0.25) is 5.91 Å². The molecule has 0 aromatic rings. The zero-order valence-corrected chi connectivity index (χ0v) is 9.30. The van der Waals surface area contributed by atoms with Crippen molar-refractivity contribution >= 4 is 5.91 Å². The lowest BCUT2D eigenvalue weighted by Crippen LogP contribution is -2.59. The van der Waals surface area contributed by atoms with Gasteiger partial charge in [0, 0.05) is 12.6 Å². The van der Waals surface area contributed by atoms with E-state index in [0.29, 0.717) is 0 Å². The molecule has 0 aliphatic heterocycles. The maximum absolute atomic E-state index is 11.4. The van der Waals surface area contributed by atoms with Gasteiger partial charge >= 0.3 is 0 Å². The summed E-state index contributed by atoms with van der Waals surface area (Å²) in [4.78, 5) is 11.4. The molecule has 0 aromatic carbocycles. The number of hydrogen-bond donors (Lipinski definition) is 2. The van der Waals surface area contributed by atoms with E-state index < -0.39 is 11.1 Å². The maximum Gasteiger partial charge on any atom is 0.242 e.